The summed E-state index contributed by atoms with van der Waals surface area (Å²) < 4.78 is 30.2. The summed E-state index contributed by atoms with van der Waals surface area (Å²) in [7, 11) is 0. The molecule has 1 aliphatic carbocycles. The first-order valence-corrected chi connectivity index (χ1v) is 10.8. The Hall–Kier alpha value is -4.15. The molecule has 0 aliphatic heterocycles. The Morgan fingerprint density at radius 2 is 1.74 bits per heavy atom. The standard InChI is InChI=1S/C23H21F2N7O2.2H2/c24-23(25)34-20-13-28-19(12-29-20)31-16-5-4-15(10-16)30-18-7-6-17(11-27-18)32-21(33)8-3-14-2-1-9-26-22(14)32;;/h1-3,6-9,11-13,15-16,23H,4-5,10H2,(H,27,30)(H,28,31);2*1H/t15-,16-;;/m0../s1. The van der Waals surface area contributed by atoms with Gasteiger partial charge in [-0.25, -0.2) is 19.9 Å². The topological polar surface area (TPSA) is 107 Å². The van der Waals surface area contributed by atoms with Gasteiger partial charge in [0.1, 0.15) is 17.3 Å². The van der Waals surface area contributed by atoms with Gasteiger partial charge in [-0.05, 0) is 49.6 Å². The zero-order valence-corrected chi connectivity index (χ0v) is 17.9. The zero-order valence-electron chi connectivity index (χ0n) is 17.9. The summed E-state index contributed by atoms with van der Waals surface area (Å²) >= 11 is 0. The van der Waals surface area contributed by atoms with Crippen LogP contribution in [0.25, 0.3) is 16.7 Å². The molecule has 11 heteroatoms. The molecule has 0 amide bonds. The molecule has 0 radical (unpaired) electrons. The summed E-state index contributed by atoms with van der Waals surface area (Å²) in [5.74, 6) is 0.996. The molecule has 0 saturated heterocycles. The van der Waals surface area contributed by atoms with Crippen LogP contribution in [0.15, 0.2) is 66.0 Å². The number of nitrogens with zero attached hydrogens (tertiary/aromatic N) is 5. The zero-order chi connectivity index (χ0) is 23.5. The number of rotatable bonds is 7. The molecule has 4 aromatic heterocycles. The van der Waals surface area contributed by atoms with Crippen LogP contribution < -0.4 is 20.9 Å². The number of fused-ring (bicyclic) bond motifs is 1. The average molecular weight is 469 g/mol. The van der Waals surface area contributed by atoms with Crippen LogP contribution in [0.4, 0.5) is 20.4 Å². The van der Waals surface area contributed by atoms with E-state index in [2.05, 4.69) is 35.3 Å². The lowest BCUT2D eigenvalue weighted by atomic mass is 10.2. The van der Waals surface area contributed by atoms with Gasteiger partial charge in [0, 0.05) is 32.6 Å². The van der Waals surface area contributed by atoms with E-state index in [1.54, 1.807) is 23.0 Å². The van der Waals surface area contributed by atoms with Crippen molar-refractivity contribution in [3.63, 3.8) is 0 Å². The molecule has 0 spiro atoms. The predicted octanol–water partition coefficient (Wildman–Crippen LogP) is 4.11. The smallest absolute Gasteiger partial charge is 0.388 e. The number of alkyl halides is 2. The molecule has 34 heavy (non-hydrogen) atoms. The average Bonchev–Trinajstić information content (AvgIpc) is 3.27. The second-order valence-corrected chi connectivity index (χ2v) is 7.94. The second-order valence-electron chi connectivity index (χ2n) is 7.94. The SMILES string of the molecule is O=c1ccc2cccnc2n1-c1ccc(N[C@H]2CC[C@H](Nc3cnc(OC(F)F)cn3)C2)nc1.[HH].[HH]. The number of halogens is 2. The van der Waals surface area contributed by atoms with Gasteiger partial charge in [-0.15, -0.1) is 0 Å². The van der Waals surface area contributed by atoms with Crippen molar-refractivity contribution >= 4 is 22.7 Å². The third-order valence-corrected chi connectivity index (χ3v) is 5.64. The minimum absolute atomic E-state index is 0. The fourth-order valence-corrected chi connectivity index (χ4v) is 4.12. The largest absolute Gasteiger partial charge is 0.415 e. The van der Waals surface area contributed by atoms with E-state index in [0.29, 0.717) is 23.0 Å². The first kappa shape index (κ1) is 21.7. The van der Waals surface area contributed by atoms with Crippen molar-refractivity contribution in [2.75, 3.05) is 10.6 Å². The van der Waals surface area contributed by atoms with Crippen molar-refractivity contribution < 1.29 is 16.4 Å². The summed E-state index contributed by atoms with van der Waals surface area (Å²) in [5, 5.41) is 7.56. The van der Waals surface area contributed by atoms with Gasteiger partial charge in [0.25, 0.3) is 5.56 Å². The van der Waals surface area contributed by atoms with Gasteiger partial charge in [0.2, 0.25) is 5.88 Å². The van der Waals surface area contributed by atoms with Crippen molar-refractivity contribution in [2.24, 2.45) is 0 Å². The molecule has 1 saturated carbocycles. The van der Waals surface area contributed by atoms with Gasteiger partial charge in [-0.1, -0.05) is 0 Å². The molecule has 0 aromatic carbocycles. The Bertz CT molecular complexity index is 1340. The van der Waals surface area contributed by atoms with Gasteiger partial charge in [-0.3, -0.25) is 9.36 Å². The highest BCUT2D eigenvalue weighted by Gasteiger charge is 2.25. The number of anilines is 2. The van der Waals surface area contributed by atoms with Crippen molar-refractivity contribution in [1.29, 1.82) is 0 Å². The van der Waals surface area contributed by atoms with Crippen LogP contribution in [0.1, 0.15) is 22.1 Å². The van der Waals surface area contributed by atoms with Crippen molar-refractivity contribution in [3.05, 3.63) is 71.5 Å². The Balaban J connectivity index is 0.00000180. The highest BCUT2D eigenvalue weighted by Crippen LogP contribution is 2.25. The number of nitrogens with one attached hydrogen (secondary N) is 2. The summed E-state index contributed by atoms with van der Waals surface area (Å²) in [6, 6.07) is 11.1. The normalized spacial score (nSPS) is 17.7. The van der Waals surface area contributed by atoms with E-state index in [-0.39, 0.29) is 26.4 Å². The Morgan fingerprint density at radius 3 is 2.44 bits per heavy atom. The number of hydrogen-bond acceptors (Lipinski definition) is 8. The maximum Gasteiger partial charge on any atom is 0.388 e. The van der Waals surface area contributed by atoms with E-state index in [1.807, 2.05) is 24.3 Å². The van der Waals surface area contributed by atoms with Crippen LogP contribution in [0.2, 0.25) is 0 Å². The van der Waals surface area contributed by atoms with E-state index < -0.39 is 6.61 Å². The van der Waals surface area contributed by atoms with Gasteiger partial charge in [-0.2, -0.15) is 8.78 Å². The Kier molecular flexibility index (Phi) is 5.98. The second kappa shape index (κ2) is 9.38. The molecule has 2 N–H and O–H groups in total. The highest BCUT2D eigenvalue weighted by molar-refractivity contribution is 5.76. The molecule has 1 fully saturated rings. The third-order valence-electron chi connectivity index (χ3n) is 5.64. The molecule has 4 heterocycles. The molecule has 0 unspecified atom stereocenters. The van der Waals surface area contributed by atoms with Gasteiger partial charge in [0.05, 0.1) is 24.3 Å². The quantitative estimate of drug-likeness (QED) is 0.417. The lowest BCUT2D eigenvalue weighted by Gasteiger charge is -2.16. The number of ether oxygens (including phenoxy) is 1. The maximum atomic E-state index is 12.5. The number of aromatic nitrogens is 5. The van der Waals surface area contributed by atoms with Crippen LogP contribution in [0, 0.1) is 0 Å². The van der Waals surface area contributed by atoms with Crippen LogP contribution in [-0.4, -0.2) is 43.2 Å². The molecule has 1 aliphatic rings. The predicted molar refractivity (Wildman–Crippen MR) is 127 cm³/mol. The molecular formula is C23H25F2N7O2. The Labute approximate surface area is 195 Å². The van der Waals surface area contributed by atoms with Crippen LogP contribution >= 0.6 is 0 Å². The lowest BCUT2D eigenvalue weighted by Crippen LogP contribution is -2.22. The molecular weight excluding hydrogens is 444 g/mol. The first-order valence-electron chi connectivity index (χ1n) is 10.8. The van der Waals surface area contributed by atoms with Crippen LogP contribution in [0.5, 0.6) is 5.88 Å². The lowest BCUT2D eigenvalue weighted by molar-refractivity contribution is -0.0530. The third kappa shape index (κ3) is 4.77. The first-order chi connectivity index (χ1) is 16.5. The van der Waals surface area contributed by atoms with E-state index in [9.17, 15) is 13.6 Å². The van der Waals surface area contributed by atoms with Crippen molar-refractivity contribution in [2.45, 2.75) is 38.0 Å². The van der Waals surface area contributed by atoms with Gasteiger partial charge in [0.15, 0.2) is 0 Å². The fraction of sp³-hybridized carbons (Fsp3) is 0.261. The summed E-state index contributed by atoms with van der Waals surface area (Å²) in [6.45, 7) is -2.93. The summed E-state index contributed by atoms with van der Waals surface area (Å²) in [5.41, 5.74) is 1.05. The molecule has 9 nitrogen and oxygen atoms in total. The summed E-state index contributed by atoms with van der Waals surface area (Å²) in [4.78, 5) is 29.2. The number of hydrogen-bond donors (Lipinski definition) is 2. The molecule has 4 aromatic rings. The molecule has 0 bridgehead atoms. The highest BCUT2D eigenvalue weighted by atomic mass is 19.3. The number of pyridine rings is 3. The van der Waals surface area contributed by atoms with E-state index >= 15 is 0 Å². The van der Waals surface area contributed by atoms with E-state index in [1.165, 1.54) is 18.5 Å². The van der Waals surface area contributed by atoms with E-state index in [0.717, 1.165) is 24.6 Å². The fourth-order valence-electron chi connectivity index (χ4n) is 4.12. The van der Waals surface area contributed by atoms with E-state index in [4.69, 9.17) is 0 Å². The molecule has 5 rings (SSSR count). The van der Waals surface area contributed by atoms with Crippen LogP contribution in [0.3, 0.4) is 0 Å². The van der Waals surface area contributed by atoms with Gasteiger partial charge >= 0.3 is 6.61 Å². The minimum atomic E-state index is -2.93. The molecule has 2 atom stereocenters. The summed E-state index contributed by atoms with van der Waals surface area (Å²) in [6.07, 6.45) is 8.51. The van der Waals surface area contributed by atoms with Crippen LogP contribution in [-0.2, 0) is 0 Å². The minimum Gasteiger partial charge on any atom is -0.415 e. The molecule has 178 valence electrons. The van der Waals surface area contributed by atoms with Crippen molar-refractivity contribution in [1.82, 2.24) is 24.5 Å². The Morgan fingerprint density at radius 1 is 0.941 bits per heavy atom. The monoisotopic (exact) mass is 469 g/mol. The van der Waals surface area contributed by atoms with Gasteiger partial charge < -0.3 is 15.4 Å². The maximum absolute atomic E-state index is 12.5. The van der Waals surface area contributed by atoms with Crippen molar-refractivity contribution in [3.8, 4) is 11.6 Å².